The summed E-state index contributed by atoms with van der Waals surface area (Å²) in [4.78, 5) is 0. The minimum absolute atomic E-state index is 0.274. The summed E-state index contributed by atoms with van der Waals surface area (Å²) in [6, 6.07) is 9.29. The molecule has 2 aromatic carbocycles. The van der Waals surface area contributed by atoms with E-state index in [0.717, 1.165) is 24.7 Å². The van der Waals surface area contributed by atoms with Crippen LogP contribution in [0, 0.1) is 0 Å². The van der Waals surface area contributed by atoms with E-state index in [1.165, 1.54) is 33.4 Å². The van der Waals surface area contributed by atoms with E-state index >= 15 is 0 Å². The molecule has 0 spiro atoms. The summed E-state index contributed by atoms with van der Waals surface area (Å²) in [7, 11) is 0. The van der Waals surface area contributed by atoms with Gasteiger partial charge in [-0.1, -0.05) is 55.4 Å². The van der Waals surface area contributed by atoms with Crippen LogP contribution >= 0.6 is 0 Å². The molecule has 2 unspecified atom stereocenters. The lowest BCUT2D eigenvalue weighted by Gasteiger charge is -2.24. The first-order chi connectivity index (χ1) is 19.2. The molecular formula is C34H50O6. The molecule has 0 bridgehead atoms. The summed E-state index contributed by atoms with van der Waals surface area (Å²) in [6.07, 6.45) is 0.548. The average molecular weight is 555 g/mol. The van der Waals surface area contributed by atoms with Gasteiger partial charge in [0.25, 0.3) is 0 Å². The highest BCUT2D eigenvalue weighted by Gasteiger charge is 2.24. The third kappa shape index (κ3) is 8.45. The van der Waals surface area contributed by atoms with Crippen LogP contribution in [0.15, 0.2) is 24.3 Å². The second-order valence-corrected chi connectivity index (χ2v) is 12.3. The maximum atomic E-state index is 6.40. The third-order valence-electron chi connectivity index (χ3n) is 7.47. The largest absolute Gasteiger partial charge is 0.491 e. The van der Waals surface area contributed by atoms with Crippen molar-refractivity contribution < 1.29 is 28.4 Å². The summed E-state index contributed by atoms with van der Waals surface area (Å²) in [5.74, 6) is 3.31. The quantitative estimate of drug-likeness (QED) is 0.150. The van der Waals surface area contributed by atoms with Crippen molar-refractivity contribution in [1.82, 2.24) is 0 Å². The number of ether oxygens (including phenoxy) is 6. The Bertz CT molecular complexity index is 952. The first kappa shape index (κ1) is 30.8. The molecule has 2 saturated heterocycles. The molecule has 0 radical (unpaired) electrons. The minimum Gasteiger partial charge on any atom is -0.491 e. The Hall–Kier alpha value is -2.12. The number of benzene rings is 2. The maximum Gasteiger partial charge on any atom is 0.126 e. The highest BCUT2D eigenvalue weighted by molar-refractivity contribution is 5.72. The first-order valence-corrected chi connectivity index (χ1v) is 15.2. The van der Waals surface area contributed by atoms with E-state index in [9.17, 15) is 0 Å². The fourth-order valence-electron chi connectivity index (χ4n) is 4.89. The van der Waals surface area contributed by atoms with Crippen molar-refractivity contribution in [2.24, 2.45) is 0 Å². The summed E-state index contributed by atoms with van der Waals surface area (Å²) >= 11 is 0. The standard InChI is InChI=1S/C34H50O6/c1-21(2)29-13-25(14-30(22(3)4)33(29)37-11-9-35-17-27-19-39-27)26-15-31(23(5)6)34(32(16-26)24(7)8)38-12-10-36-18-28-20-40-28/h13-16,21-24,27-28H,9-12,17-20H2,1-8H3. The lowest BCUT2D eigenvalue weighted by Crippen LogP contribution is -2.13. The molecule has 0 amide bonds. The van der Waals surface area contributed by atoms with Crippen LogP contribution in [0.2, 0.25) is 0 Å². The summed E-state index contributed by atoms with van der Waals surface area (Å²) < 4.78 is 34.8. The van der Waals surface area contributed by atoms with Gasteiger partial charge < -0.3 is 28.4 Å². The van der Waals surface area contributed by atoms with Gasteiger partial charge in [-0.2, -0.15) is 0 Å². The molecule has 2 fully saturated rings. The van der Waals surface area contributed by atoms with Gasteiger partial charge in [0.05, 0.1) is 39.6 Å². The van der Waals surface area contributed by atoms with Crippen molar-refractivity contribution in [2.45, 2.75) is 91.3 Å². The predicted molar refractivity (Wildman–Crippen MR) is 160 cm³/mol. The molecule has 0 saturated carbocycles. The van der Waals surface area contributed by atoms with E-state index in [-0.39, 0.29) is 12.2 Å². The number of hydrogen-bond donors (Lipinski definition) is 0. The molecule has 40 heavy (non-hydrogen) atoms. The zero-order valence-electron chi connectivity index (χ0n) is 25.9. The Balaban J connectivity index is 1.62. The number of epoxide rings is 2. The van der Waals surface area contributed by atoms with Crippen LogP contribution in [-0.2, 0) is 18.9 Å². The van der Waals surface area contributed by atoms with Crippen molar-refractivity contribution in [1.29, 1.82) is 0 Å². The van der Waals surface area contributed by atoms with Gasteiger partial charge in [-0.3, -0.25) is 0 Å². The minimum atomic E-state index is 0.274. The Morgan fingerprint density at radius 1 is 0.550 bits per heavy atom. The molecule has 6 nitrogen and oxygen atoms in total. The Morgan fingerprint density at radius 2 is 0.850 bits per heavy atom. The molecule has 2 aliphatic heterocycles. The summed E-state index contributed by atoms with van der Waals surface area (Å²) in [5.41, 5.74) is 7.40. The van der Waals surface area contributed by atoms with E-state index in [2.05, 4.69) is 79.7 Å². The maximum absolute atomic E-state index is 6.40. The fourth-order valence-corrected chi connectivity index (χ4v) is 4.89. The van der Waals surface area contributed by atoms with Gasteiger partial charge in [0.2, 0.25) is 0 Å². The van der Waals surface area contributed by atoms with Crippen LogP contribution in [0.25, 0.3) is 11.1 Å². The Morgan fingerprint density at radius 3 is 1.10 bits per heavy atom. The van der Waals surface area contributed by atoms with Gasteiger partial charge in [-0.05, 0) is 81.3 Å². The number of hydrogen-bond acceptors (Lipinski definition) is 6. The molecule has 0 N–H and O–H groups in total. The van der Waals surface area contributed by atoms with E-state index in [4.69, 9.17) is 28.4 Å². The van der Waals surface area contributed by atoms with Crippen LogP contribution in [-0.4, -0.2) is 65.1 Å². The van der Waals surface area contributed by atoms with E-state index < -0.39 is 0 Å². The molecular weight excluding hydrogens is 504 g/mol. The van der Waals surface area contributed by atoms with E-state index in [1.807, 2.05) is 0 Å². The van der Waals surface area contributed by atoms with Crippen LogP contribution in [0.4, 0.5) is 0 Å². The highest BCUT2D eigenvalue weighted by Crippen LogP contribution is 2.43. The van der Waals surface area contributed by atoms with E-state index in [1.54, 1.807) is 0 Å². The predicted octanol–water partition coefficient (Wildman–Crippen LogP) is 7.44. The van der Waals surface area contributed by atoms with Gasteiger partial charge in [-0.25, -0.2) is 0 Å². The zero-order chi connectivity index (χ0) is 28.8. The lowest BCUT2D eigenvalue weighted by molar-refractivity contribution is 0.0871. The Labute approximate surface area is 241 Å². The van der Waals surface area contributed by atoms with Gasteiger partial charge in [-0.15, -0.1) is 0 Å². The molecule has 6 heteroatoms. The van der Waals surface area contributed by atoms with Gasteiger partial charge >= 0.3 is 0 Å². The normalized spacial score (nSPS) is 18.3. The van der Waals surface area contributed by atoms with Crippen molar-refractivity contribution in [3.8, 4) is 22.6 Å². The van der Waals surface area contributed by atoms with Crippen LogP contribution in [0.1, 0.15) is 101 Å². The summed E-state index contributed by atoms with van der Waals surface area (Å²) in [6.45, 7) is 23.0. The number of rotatable bonds is 17. The van der Waals surface area contributed by atoms with E-state index in [0.29, 0.717) is 63.3 Å². The summed E-state index contributed by atoms with van der Waals surface area (Å²) in [5, 5.41) is 0. The SMILES string of the molecule is CC(C)c1cc(-c2cc(C(C)C)c(OCCOCC3CO3)c(C(C)C)c2)cc(C(C)C)c1OCCOCC1CO1. The topological polar surface area (TPSA) is 62.0 Å². The van der Waals surface area contributed by atoms with Crippen molar-refractivity contribution >= 4 is 0 Å². The van der Waals surface area contributed by atoms with Crippen molar-refractivity contribution in [3.63, 3.8) is 0 Å². The molecule has 2 aliphatic rings. The average Bonchev–Trinajstić information content (AvgIpc) is 3.83. The lowest BCUT2D eigenvalue weighted by atomic mass is 9.86. The van der Waals surface area contributed by atoms with Gasteiger partial charge in [0, 0.05) is 0 Å². The molecule has 0 aromatic heterocycles. The fraction of sp³-hybridized carbons (Fsp3) is 0.647. The smallest absolute Gasteiger partial charge is 0.126 e. The molecule has 2 heterocycles. The first-order valence-electron chi connectivity index (χ1n) is 15.2. The highest BCUT2D eigenvalue weighted by atomic mass is 16.6. The second kappa shape index (κ2) is 14.2. The zero-order valence-corrected chi connectivity index (χ0v) is 25.9. The van der Waals surface area contributed by atoms with Gasteiger partial charge in [0.1, 0.15) is 36.9 Å². The van der Waals surface area contributed by atoms with Gasteiger partial charge in [0.15, 0.2) is 0 Å². The monoisotopic (exact) mass is 554 g/mol. The Kier molecular flexibility index (Phi) is 10.9. The third-order valence-corrected chi connectivity index (χ3v) is 7.47. The molecule has 222 valence electrons. The van der Waals surface area contributed by atoms with Crippen LogP contribution < -0.4 is 9.47 Å². The van der Waals surface area contributed by atoms with Crippen LogP contribution in [0.5, 0.6) is 11.5 Å². The molecule has 4 rings (SSSR count). The molecule has 0 aliphatic carbocycles. The molecule has 2 atom stereocenters. The molecule has 2 aromatic rings. The van der Waals surface area contributed by atoms with Crippen molar-refractivity contribution in [3.05, 3.63) is 46.5 Å². The van der Waals surface area contributed by atoms with Crippen LogP contribution in [0.3, 0.4) is 0 Å². The second-order valence-electron chi connectivity index (χ2n) is 12.3. The van der Waals surface area contributed by atoms with Crippen molar-refractivity contribution in [2.75, 3.05) is 52.9 Å².